The molecule has 0 aliphatic heterocycles. The van der Waals surface area contributed by atoms with Crippen LogP contribution in [0.25, 0.3) is 0 Å². The second-order valence-electron chi connectivity index (χ2n) is 6.45. The number of carbonyl (C=O) groups excluding carboxylic acids is 1. The number of halogens is 4. The van der Waals surface area contributed by atoms with Gasteiger partial charge in [-0.2, -0.15) is 0 Å². The van der Waals surface area contributed by atoms with E-state index in [1.807, 2.05) is 0 Å². The lowest BCUT2D eigenvalue weighted by Gasteiger charge is -2.14. The number of hydrogen-bond donors (Lipinski definition) is 2. The van der Waals surface area contributed by atoms with Gasteiger partial charge in [-0.05, 0) is 53.0 Å². The van der Waals surface area contributed by atoms with Gasteiger partial charge in [-0.25, -0.2) is 26.3 Å². The molecule has 0 unspecified atom stereocenters. The number of hydrogen-bond acceptors (Lipinski definition) is 3. The molecular formula is C18H16BrF3N2O3S. The first-order valence-electron chi connectivity index (χ1n) is 8.45. The van der Waals surface area contributed by atoms with Crippen molar-refractivity contribution >= 4 is 37.5 Å². The second kappa shape index (κ2) is 8.22. The Morgan fingerprint density at radius 3 is 2.32 bits per heavy atom. The summed E-state index contributed by atoms with van der Waals surface area (Å²) in [5.74, 6) is -4.05. The Morgan fingerprint density at radius 2 is 1.68 bits per heavy atom. The molecule has 0 bridgehead atoms. The van der Waals surface area contributed by atoms with Crippen LogP contribution >= 0.6 is 15.9 Å². The monoisotopic (exact) mass is 476 g/mol. The third-order valence-electron chi connectivity index (χ3n) is 4.41. The van der Waals surface area contributed by atoms with Gasteiger partial charge in [0.15, 0.2) is 0 Å². The Kier molecular flexibility index (Phi) is 6.11. The highest BCUT2D eigenvalue weighted by Gasteiger charge is 2.28. The van der Waals surface area contributed by atoms with E-state index in [2.05, 4.69) is 26.0 Å². The minimum Gasteiger partial charge on any atom is -0.322 e. The lowest BCUT2D eigenvalue weighted by molar-refractivity contribution is 0.102. The molecule has 0 aromatic heterocycles. The maximum atomic E-state index is 14.1. The molecule has 10 heteroatoms. The molecule has 0 heterocycles. The fourth-order valence-electron chi connectivity index (χ4n) is 3.01. The van der Waals surface area contributed by atoms with E-state index in [-0.39, 0.29) is 16.2 Å². The van der Waals surface area contributed by atoms with Crippen molar-refractivity contribution in [1.82, 2.24) is 4.72 Å². The molecule has 5 nitrogen and oxygen atoms in total. The van der Waals surface area contributed by atoms with Crippen LogP contribution in [0.1, 0.15) is 36.0 Å². The Labute approximate surface area is 168 Å². The summed E-state index contributed by atoms with van der Waals surface area (Å²) in [4.78, 5) is 11.6. The standard InChI is InChI=1S/C18H16BrF3N2O3S/c19-13-7-11(5-6-14(13)20)23-18(25)12-8-17(16(22)9-15(12)21)28(26,27)24-10-3-1-2-4-10/h5-10,24H,1-4H2,(H,23,25). The fraction of sp³-hybridized carbons (Fsp3) is 0.278. The topological polar surface area (TPSA) is 75.3 Å². The van der Waals surface area contributed by atoms with Crippen molar-refractivity contribution in [3.05, 3.63) is 57.8 Å². The molecule has 150 valence electrons. The van der Waals surface area contributed by atoms with Crippen LogP contribution < -0.4 is 10.0 Å². The SMILES string of the molecule is O=C(Nc1ccc(F)c(Br)c1)c1cc(S(=O)(=O)NC2CCCC2)c(F)cc1F. The zero-order chi connectivity index (χ0) is 20.5. The number of benzene rings is 2. The van der Waals surface area contributed by atoms with E-state index in [0.717, 1.165) is 18.9 Å². The highest BCUT2D eigenvalue weighted by molar-refractivity contribution is 9.10. The maximum absolute atomic E-state index is 14.1. The minimum atomic E-state index is -4.26. The summed E-state index contributed by atoms with van der Waals surface area (Å²) in [5, 5.41) is 2.33. The van der Waals surface area contributed by atoms with Gasteiger partial charge in [0.2, 0.25) is 10.0 Å². The molecule has 28 heavy (non-hydrogen) atoms. The van der Waals surface area contributed by atoms with E-state index in [4.69, 9.17) is 0 Å². The van der Waals surface area contributed by atoms with Gasteiger partial charge in [-0.1, -0.05) is 12.8 Å². The summed E-state index contributed by atoms with van der Waals surface area (Å²) >= 11 is 2.96. The number of anilines is 1. The molecule has 1 amide bonds. The van der Waals surface area contributed by atoms with Gasteiger partial charge in [0, 0.05) is 17.8 Å². The van der Waals surface area contributed by atoms with E-state index in [9.17, 15) is 26.4 Å². The zero-order valence-electron chi connectivity index (χ0n) is 14.4. The van der Waals surface area contributed by atoms with E-state index in [1.54, 1.807) is 0 Å². The number of carbonyl (C=O) groups is 1. The smallest absolute Gasteiger partial charge is 0.258 e. The number of amides is 1. The van der Waals surface area contributed by atoms with Crippen molar-refractivity contribution in [3.63, 3.8) is 0 Å². The van der Waals surface area contributed by atoms with Crippen LogP contribution in [-0.2, 0) is 10.0 Å². The highest BCUT2D eigenvalue weighted by Crippen LogP contribution is 2.25. The van der Waals surface area contributed by atoms with Gasteiger partial charge in [0.25, 0.3) is 5.91 Å². The van der Waals surface area contributed by atoms with Crippen LogP contribution in [0.3, 0.4) is 0 Å². The quantitative estimate of drug-likeness (QED) is 0.673. The molecule has 3 rings (SSSR count). The maximum Gasteiger partial charge on any atom is 0.258 e. The molecule has 1 aliphatic carbocycles. The molecule has 0 spiro atoms. The lowest BCUT2D eigenvalue weighted by atomic mass is 10.2. The zero-order valence-corrected chi connectivity index (χ0v) is 16.8. The van der Waals surface area contributed by atoms with Gasteiger partial charge >= 0.3 is 0 Å². The summed E-state index contributed by atoms with van der Waals surface area (Å²) in [7, 11) is -4.26. The predicted molar refractivity (Wildman–Crippen MR) is 101 cm³/mol. The van der Waals surface area contributed by atoms with E-state index >= 15 is 0 Å². The van der Waals surface area contributed by atoms with E-state index in [0.29, 0.717) is 25.0 Å². The third kappa shape index (κ3) is 4.56. The van der Waals surface area contributed by atoms with Gasteiger partial charge in [0.05, 0.1) is 10.0 Å². The fourth-order valence-corrected chi connectivity index (χ4v) is 4.78. The number of rotatable bonds is 5. The predicted octanol–water partition coefficient (Wildman–Crippen LogP) is 4.34. The molecule has 2 aromatic rings. The van der Waals surface area contributed by atoms with E-state index < -0.39 is 43.8 Å². The molecule has 1 fully saturated rings. The lowest BCUT2D eigenvalue weighted by Crippen LogP contribution is -2.33. The average molecular weight is 477 g/mol. The Morgan fingerprint density at radius 1 is 1.00 bits per heavy atom. The molecule has 1 aliphatic rings. The van der Waals surface area contributed by atoms with Crippen molar-refractivity contribution in [1.29, 1.82) is 0 Å². The first-order valence-corrected chi connectivity index (χ1v) is 10.7. The van der Waals surface area contributed by atoms with Crippen molar-refractivity contribution < 1.29 is 26.4 Å². The number of nitrogens with one attached hydrogen (secondary N) is 2. The average Bonchev–Trinajstić information content (AvgIpc) is 3.10. The van der Waals surface area contributed by atoms with Gasteiger partial charge in [-0.3, -0.25) is 4.79 Å². The van der Waals surface area contributed by atoms with Crippen molar-refractivity contribution in [2.24, 2.45) is 0 Å². The second-order valence-corrected chi connectivity index (χ2v) is 8.98. The van der Waals surface area contributed by atoms with Crippen molar-refractivity contribution in [3.8, 4) is 0 Å². The first kappa shape index (κ1) is 20.8. The number of sulfonamides is 1. The van der Waals surface area contributed by atoms with Crippen LogP contribution in [0.4, 0.5) is 18.9 Å². The molecule has 2 N–H and O–H groups in total. The third-order valence-corrected chi connectivity index (χ3v) is 6.55. The van der Waals surface area contributed by atoms with Crippen LogP contribution in [-0.4, -0.2) is 20.4 Å². The summed E-state index contributed by atoms with van der Waals surface area (Å²) in [6.07, 6.45) is 2.99. The van der Waals surface area contributed by atoms with Crippen LogP contribution in [0.15, 0.2) is 39.7 Å². The molecule has 0 saturated heterocycles. The largest absolute Gasteiger partial charge is 0.322 e. The Balaban J connectivity index is 1.89. The molecule has 1 saturated carbocycles. The molecular weight excluding hydrogens is 461 g/mol. The van der Waals surface area contributed by atoms with Gasteiger partial charge < -0.3 is 5.32 Å². The van der Waals surface area contributed by atoms with E-state index in [1.165, 1.54) is 12.1 Å². The summed E-state index contributed by atoms with van der Waals surface area (Å²) in [5.41, 5.74) is -0.496. The Bertz CT molecular complexity index is 1020. The Hall–Kier alpha value is -1.91. The van der Waals surface area contributed by atoms with Crippen LogP contribution in [0, 0.1) is 17.5 Å². The first-order chi connectivity index (χ1) is 13.2. The van der Waals surface area contributed by atoms with Crippen molar-refractivity contribution in [2.45, 2.75) is 36.6 Å². The normalized spacial score (nSPS) is 15.0. The minimum absolute atomic E-state index is 0.0777. The van der Waals surface area contributed by atoms with Crippen molar-refractivity contribution in [2.75, 3.05) is 5.32 Å². The summed E-state index contributed by atoms with van der Waals surface area (Å²) in [6, 6.07) is 4.30. The molecule has 0 atom stereocenters. The summed E-state index contributed by atoms with van der Waals surface area (Å²) in [6.45, 7) is 0. The van der Waals surface area contributed by atoms with Gasteiger partial charge in [-0.15, -0.1) is 0 Å². The van der Waals surface area contributed by atoms with Crippen LogP contribution in [0.5, 0.6) is 0 Å². The summed E-state index contributed by atoms with van der Waals surface area (Å²) < 4.78 is 69.0. The molecule has 2 aromatic carbocycles. The highest BCUT2D eigenvalue weighted by atomic mass is 79.9. The van der Waals surface area contributed by atoms with Crippen LogP contribution in [0.2, 0.25) is 0 Å². The van der Waals surface area contributed by atoms with Gasteiger partial charge in [0.1, 0.15) is 22.3 Å². The molecule has 0 radical (unpaired) electrons.